The van der Waals surface area contributed by atoms with Crippen LogP contribution in [0.2, 0.25) is 0 Å². The smallest absolute Gasteiger partial charge is 0.193 e. The maximum atomic E-state index is 6.15. The van der Waals surface area contributed by atoms with Crippen LogP contribution in [-0.2, 0) is 16.0 Å². The Kier molecular flexibility index (Phi) is 7.65. The van der Waals surface area contributed by atoms with E-state index in [1.807, 2.05) is 7.05 Å². The third kappa shape index (κ3) is 5.76. The van der Waals surface area contributed by atoms with Gasteiger partial charge in [-0.15, -0.1) is 0 Å². The number of anilines is 1. The fourth-order valence-electron chi connectivity index (χ4n) is 4.44. The van der Waals surface area contributed by atoms with E-state index in [-0.39, 0.29) is 0 Å². The van der Waals surface area contributed by atoms with E-state index in [2.05, 4.69) is 56.5 Å². The molecule has 0 amide bonds. The molecule has 0 spiro atoms. The van der Waals surface area contributed by atoms with Gasteiger partial charge in [0.1, 0.15) is 0 Å². The van der Waals surface area contributed by atoms with Gasteiger partial charge < -0.3 is 24.6 Å². The molecule has 0 radical (unpaired) electrons. The monoisotopic (exact) mass is 412 g/mol. The zero-order chi connectivity index (χ0) is 20.6. The fraction of sp³-hybridized carbons (Fsp3) is 0.625. The zero-order valence-corrected chi connectivity index (χ0v) is 18.3. The molecule has 0 saturated carbocycles. The van der Waals surface area contributed by atoms with Crippen molar-refractivity contribution in [3.05, 3.63) is 42.0 Å². The van der Waals surface area contributed by atoms with Crippen molar-refractivity contribution in [1.82, 2.24) is 10.2 Å². The van der Waals surface area contributed by atoms with Gasteiger partial charge in [-0.1, -0.05) is 24.3 Å². The fourth-order valence-corrected chi connectivity index (χ4v) is 4.44. The number of piperidine rings is 1. The first-order chi connectivity index (χ1) is 14.8. The number of hydrogen-bond acceptors (Lipinski definition) is 4. The van der Waals surface area contributed by atoms with Crippen LogP contribution < -0.4 is 10.2 Å². The lowest BCUT2D eigenvalue weighted by atomic mass is 10.1. The molecule has 164 valence electrons. The molecule has 1 aromatic rings. The van der Waals surface area contributed by atoms with E-state index in [0.29, 0.717) is 12.2 Å². The summed E-state index contributed by atoms with van der Waals surface area (Å²) in [5.41, 5.74) is 2.56. The largest absolute Gasteiger partial charge is 0.376 e. The number of nitrogens with zero attached hydrogens (tertiary/aromatic N) is 3. The van der Waals surface area contributed by atoms with E-state index in [1.165, 1.54) is 24.1 Å². The third-order valence-electron chi connectivity index (χ3n) is 6.32. The quantitative estimate of drug-likeness (QED) is 0.442. The van der Waals surface area contributed by atoms with Gasteiger partial charge in [-0.05, 0) is 49.8 Å². The van der Waals surface area contributed by atoms with Crippen molar-refractivity contribution in [2.24, 2.45) is 4.99 Å². The summed E-state index contributed by atoms with van der Waals surface area (Å²) >= 11 is 0. The summed E-state index contributed by atoms with van der Waals surface area (Å²) < 4.78 is 11.9. The van der Waals surface area contributed by atoms with Crippen LogP contribution in [0.4, 0.5) is 5.69 Å². The van der Waals surface area contributed by atoms with E-state index in [1.54, 1.807) is 0 Å². The molecular weight excluding hydrogens is 376 g/mol. The highest BCUT2D eigenvalue weighted by Gasteiger charge is 2.23. The van der Waals surface area contributed by atoms with Gasteiger partial charge in [0.15, 0.2) is 5.96 Å². The van der Waals surface area contributed by atoms with Gasteiger partial charge in [0.2, 0.25) is 0 Å². The first-order valence-corrected chi connectivity index (χ1v) is 11.5. The molecule has 1 atom stereocenters. The van der Waals surface area contributed by atoms with Crippen LogP contribution in [0.15, 0.2) is 41.4 Å². The minimum Gasteiger partial charge on any atom is -0.376 e. The minimum absolute atomic E-state index is 0.305. The predicted molar refractivity (Wildman–Crippen MR) is 122 cm³/mol. The van der Waals surface area contributed by atoms with Crippen molar-refractivity contribution in [3.63, 3.8) is 0 Å². The standard InChI is InChI=1S/C24H36N4O2/c1-25-24(26-18-20-7-9-21(10-8-20)27-13-3-4-14-27)28-15-11-22(12-16-28)30-19-23-6-2-5-17-29-23/h3-4,7-10,22-23H,2,5-6,11-19H2,1H3,(H,25,26). The molecule has 30 heavy (non-hydrogen) atoms. The van der Waals surface area contributed by atoms with Crippen molar-refractivity contribution in [3.8, 4) is 0 Å². The molecule has 4 rings (SSSR count). The molecule has 0 aliphatic carbocycles. The molecule has 1 unspecified atom stereocenters. The average Bonchev–Trinajstić information content (AvgIpc) is 3.35. The zero-order valence-electron chi connectivity index (χ0n) is 18.3. The van der Waals surface area contributed by atoms with Crippen LogP contribution in [0.5, 0.6) is 0 Å². The molecule has 3 heterocycles. The summed E-state index contributed by atoms with van der Waals surface area (Å²) in [5, 5.41) is 3.53. The summed E-state index contributed by atoms with van der Waals surface area (Å²) in [4.78, 5) is 9.22. The Morgan fingerprint density at radius 1 is 1.10 bits per heavy atom. The topological polar surface area (TPSA) is 49.3 Å². The van der Waals surface area contributed by atoms with Crippen molar-refractivity contribution in [1.29, 1.82) is 0 Å². The lowest BCUT2D eigenvalue weighted by Crippen LogP contribution is -2.47. The first-order valence-electron chi connectivity index (χ1n) is 11.5. The van der Waals surface area contributed by atoms with Gasteiger partial charge in [0.25, 0.3) is 0 Å². The van der Waals surface area contributed by atoms with E-state index >= 15 is 0 Å². The van der Waals surface area contributed by atoms with Gasteiger partial charge in [0.05, 0.1) is 18.8 Å². The maximum absolute atomic E-state index is 6.15. The van der Waals surface area contributed by atoms with Crippen molar-refractivity contribution < 1.29 is 9.47 Å². The van der Waals surface area contributed by atoms with Crippen LogP contribution in [-0.4, -0.2) is 69.5 Å². The van der Waals surface area contributed by atoms with Crippen LogP contribution in [0.1, 0.15) is 37.7 Å². The SMILES string of the molecule is CN=C(NCc1ccc(N2CC=CC2)cc1)N1CCC(OCC2CCCCO2)CC1. The Morgan fingerprint density at radius 2 is 1.87 bits per heavy atom. The summed E-state index contributed by atoms with van der Waals surface area (Å²) in [6.07, 6.45) is 10.8. The highest BCUT2D eigenvalue weighted by molar-refractivity contribution is 5.80. The summed E-state index contributed by atoms with van der Waals surface area (Å²) in [5.74, 6) is 0.983. The first kappa shape index (κ1) is 21.2. The summed E-state index contributed by atoms with van der Waals surface area (Å²) in [6.45, 7) is 6.43. The molecule has 6 heteroatoms. The summed E-state index contributed by atoms with van der Waals surface area (Å²) in [7, 11) is 1.87. The minimum atomic E-state index is 0.305. The maximum Gasteiger partial charge on any atom is 0.193 e. The van der Waals surface area contributed by atoms with E-state index < -0.39 is 0 Å². The number of aliphatic imine (C=N–C) groups is 1. The molecule has 0 bridgehead atoms. The molecule has 2 fully saturated rings. The van der Waals surface area contributed by atoms with Gasteiger partial charge in [-0.25, -0.2) is 0 Å². The van der Waals surface area contributed by atoms with E-state index in [9.17, 15) is 0 Å². The Balaban J connectivity index is 1.18. The second-order valence-electron chi connectivity index (χ2n) is 8.45. The highest BCUT2D eigenvalue weighted by atomic mass is 16.5. The number of guanidine groups is 1. The van der Waals surface area contributed by atoms with Gasteiger partial charge in [-0.3, -0.25) is 4.99 Å². The van der Waals surface area contributed by atoms with E-state index in [4.69, 9.17) is 9.47 Å². The molecule has 0 aromatic heterocycles. The van der Waals surface area contributed by atoms with Crippen LogP contribution in [0, 0.1) is 0 Å². The second-order valence-corrected chi connectivity index (χ2v) is 8.45. The van der Waals surface area contributed by atoms with Gasteiger partial charge in [-0.2, -0.15) is 0 Å². The van der Waals surface area contributed by atoms with Crippen LogP contribution in [0.25, 0.3) is 0 Å². The summed E-state index contributed by atoms with van der Waals surface area (Å²) in [6, 6.07) is 8.85. The number of benzene rings is 1. The lowest BCUT2D eigenvalue weighted by molar-refractivity contribution is -0.0721. The Hall–Kier alpha value is -2.05. The number of rotatable bonds is 6. The van der Waals surface area contributed by atoms with Crippen molar-refractivity contribution in [2.75, 3.05) is 51.3 Å². The Morgan fingerprint density at radius 3 is 2.53 bits per heavy atom. The highest BCUT2D eigenvalue weighted by Crippen LogP contribution is 2.19. The van der Waals surface area contributed by atoms with Crippen LogP contribution in [0.3, 0.4) is 0 Å². The molecule has 1 aromatic carbocycles. The molecule has 6 nitrogen and oxygen atoms in total. The number of ether oxygens (including phenoxy) is 2. The average molecular weight is 413 g/mol. The number of nitrogens with one attached hydrogen (secondary N) is 1. The molecule has 1 N–H and O–H groups in total. The van der Waals surface area contributed by atoms with Crippen molar-refractivity contribution >= 4 is 11.6 Å². The lowest BCUT2D eigenvalue weighted by Gasteiger charge is -2.35. The predicted octanol–water partition coefficient (Wildman–Crippen LogP) is 3.19. The van der Waals surface area contributed by atoms with Crippen molar-refractivity contribution in [2.45, 2.75) is 50.9 Å². The van der Waals surface area contributed by atoms with Gasteiger partial charge >= 0.3 is 0 Å². The third-order valence-corrected chi connectivity index (χ3v) is 6.32. The number of likely N-dealkylation sites (tertiary alicyclic amines) is 1. The van der Waals surface area contributed by atoms with Crippen LogP contribution >= 0.6 is 0 Å². The van der Waals surface area contributed by atoms with E-state index in [0.717, 1.165) is 71.2 Å². The molecular formula is C24H36N4O2. The number of hydrogen-bond donors (Lipinski definition) is 1. The second kappa shape index (κ2) is 10.8. The normalized spacial score (nSPS) is 23.2. The molecule has 2 saturated heterocycles. The Bertz CT molecular complexity index is 696. The Labute approximate surface area is 180 Å². The molecule has 3 aliphatic rings. The molecule has 3 aliphatic heterocycles. The van der Waals surface area contributed by atoms with Gasteiger partial charge in [0, 0.05) is 52.1 Å².